The van der Waals surface area contributed by atoms with Crippen molar-refractivity contribution in [3.8, 4) is 11.1 Å². The second-order valence-corrected chi connectivity index (χ2v) is 3.71. The van der Waals surface area contributed by atoms with E-state index in [4.69, 9.17) is 0 Å². The SMILES string of the molecule is Cc1cc(-c2ccccc2)c(=O)n(C)c1. The Labute approximate surface area is 88.8 Å². The third-order valence-electron chi connectivity index (χ3n) is 2.40. The predicted octanol–water partition coefficient (Wildman–Crippen LogP) is 2.36. The van der Waals surface area contributed by atoms with Gasteiger partial charge in [-0.1, -0.05) is 30.3 Å². The summed E-state index contributed by atoms with van der Waals surface area (Å²) in [5.74, 6) is 0. The standard InChI is InChI=1S/C13H13NO/c1-10-8-12(13(15)14(2)9-10)11-6-4-3-5-7-11/h3-9H,1-2H3. The lowest BCUT2D eigenvalue weighted by atomic mass is 10.1. The van der Waals surface area contributed by atoms with Crippen LogP contribution in [0, 0.1) is 6.92 Å². The Bertz CT molecular complexity index is 526. The second-order valence-electron chi connectivity index (χ2n) is 3.71. The van der Waals surface area contributed by atoms with Gasteiger partial charge >= 0.3 is 0 Å². The van der Waals surface area contributed by atoms with Gasteiger partial charge in [-0.15, -0.1) is 0 Å². The van der Waals surface area contributed by atoms with Crippen LogP contribution in [0.15, 0.2) is 47.4 Å². The number of aryl methyl sites for hydroxylation is 2. The van der Waals surface area contributed by atoms with E-state index in [1.165, 1.54) is 0 Å². The van der Waals surface area contributed by atoms with Crippen LogP contribution in [0.4, 0.5) is 0 Å². The monoisotopic (exact) mass is 199 g/mol. The molecule has 1 aromatic carbocycles. The molecule has 0 N–H and O–H groups in total. The van der Waals surface area contributed by atoms with Gasteiger partial charge in [0.25, 0.3) is 5.56 Å². The van der Waals surface area contributed by atoms with Gasteiger partial charge < -0.3 is 4.57 Å². The van der Waals surface area contributed by atoms with E-state index >= 15 is 0 Å². The van der Waals surface area contributed by atoms with Gasteiger partial charge in [-0.3, -0.25) is 4.79 Å². The number of benzene rings is 1. The Kier molecular flexibility index (Phi) is 2.42. The minimum Gasteiger partial charge on any atom is -0.318 e. The first-order chi connectivity index (χ1) is 7.18. The first-order valence-corrected chi connectivity index (χ1v) is 4.91. The molecule has 0 atom stereocenters. The van der Waals surface area contributed by atoms with E-state index in [0.29, 0.717) is 0 Å². The third-order valence-corrected chi connectivity index (χ3v) is 2.40. The first-order valence-electron chi connectivity index (χ1n) is 4.91. The van der Waals surface area contributed by atoms with Crippen LogP contribution in [0.25, 0.3) is 11.1 Å². The molecule has 0 amide bonds. The van der Waals surface area contributed by atoms with Gasteiger partial charge in [0.15, 0.2) is 0 Å². The molecule has 0 saturated carbocycles. The average Bonchev–Trinajstić information content (AvgIpc) is 2.24. The maximum atomic E-state index is 11.9. The molecule has 0 aliphatic rings. The van der Waals surface area contributed by atoms with E-state index in [2.05, 4.69) is 0 Å². The van der Waals surface area contributed by atoms with E-state index in [1.54, 1.807) is 11.6 Å². The zero-order valence-corrected chi connectivity index (χ0v) is 8.90. The highest BCUT2D eigenvalue weighted by atomic mass is 16.1. The lowest BCUT2D eigenvalue weighted by Crippen LogP contribution is -2.18. The third kappa shape index (κ3) is 1.84. The molecule has 2 nitrogen and oxygen atoms in total. The summed E-state index contributed by atoms with van der Waals surface area (Å²) in [6.07, 6.45) is 1.84. The molecular formula is C13H13NO. The fourth-order valence-electron chi connectivity index (χ4n) is 1.71. The van der Waals surface area contributed by atoms with Gasteiger partial charge in [0, 0.05) is 18.8 Å². The maximum absolute atomic E-state index is 11.9. The quantitative estimate of drug-likeness (QED) is 0.691. The summed E-state index contributed by atoms with van der Waals surface area (Å²) in [6.45, 7) is 1.99. The van der Waals surface area contributed by atoms with E-state index in [-0.39, 0.29) is 5.56 Å². The number of rotatable bonds is 1. The normalized spacial score (nSPS) is 10.3. The van der Waals surface area contributed by atoms with Crippen molar-refractivity contribution in [2.45, 2.75) is 6.92 Å². The van der Waals surface area contributed by atoms with Crippen LogP contribution in [0.2, 0.25) is 0 Å². The van der Waals surface area contributed by atoms with Crippen LogP contribution in [0.1, 0.15) is 5.56 Å². The average molecular weight is 199 g/mol. The van der Waals surface area contributed by atoms with E-state index in [1.807, 2.05) is 49.5 Å². The number of nitrogens with zero attached hydrogens (tertiary/aromatic N) is 1. The Morgan fingerprint density at radius 3 is 2.47 bits per heavy atom. The highest BCUT2D eigenvalue weighted by Crippen LogP contribution is 2.15. The summed E-state index contributed by atoms with van der Waals surface area (Å²) in [6, 6.07) is 11.7. The van der Waals surface area contributed by atoms with Crippen molar-refractivity contribution >= 4 is 0 Å². The lowest BCUT2D eigenvalue weighted by molar-refractivity contribution is 0.855. The molecule has 0 spiro atoms. The molecule has 1 aromatic heterocycles. The molecule has 2 rings (SSSR count). The van der Waals surface area contributed by atoms with Gasteiger partial charge in [0.05, 0.1) is 0 Å². The maximum Gasteiger partial charge on any atom is 0.258 e. The Balaban J connectivity index is 2.69. The van der Waals surface area contributed by atoms with Crippen molar-refractivity contribution in [3.63, 3.8) is 0 Å². The van der Waals surface area contributed by atoms with Crippen LogP contribution < -0.4 is 5.56 Å². The van der Waals surface area contributed by atoms with Crippen molar-refractivity contribution in [1.29, 1.82) is 0 Å². The summed E-state index contributed by atoms with van der Waals surface area (Å²) in [5.41, 5.74) is 2.88. The van der Waals surface area contributed by atoms with Crippen molar-refractivity contribution in [1.82, 2.24) is 4.57 Å². The van der Waals surface area contributed by atoms with Crippen LogP contribution in [0.5, 0.6) is 0 Å². The van der Waals surface area contributed by atoms with Gasteiger partial charge in [-0.05, 0) is 24.1 Å². The molecule has 1 heterocycles. The van der Waals surface area contributed by atoms with Crippen molar-refractivity contribution in [3.05, 3.63) is 58.5 Å². The van der Waals surface area contributed by atoms with Crippen LogP contribution in [-0.2, 0) is 7.05 Å². The molecule has 0 aliphatic heterocycles. The molecule has 76 valence electrons. The first kappa shape index (κ1) is 9.71. The minimum absolute atomic E-state index is 0.0480. The summed E-state index contributed by atoms with van der Waals surface area (Å²) in [5, 5.41) is 0. The predicted molar refractivity (Wildman–Crippen MR) is 61.9 cm³/mol. The zero-order chi connectivity index (χ0) is 10.8. The summed E-state index contributed by atoms with van der Waals surface area (Å²) in [7, 11) is 1.78. The molecule has 2 aromatic rings. The molecule has 0 radical (unpaired) electrons. The summed E-state index contributed by atoms with van der Waals surface area (Å²) >= 11 is 0. The van der Waals surface area contributed by atoms with Gasteiger partial charge in [0.2, 0.25) is 0 Å². The molecule has 0 fully saturated rings. The topological polar surface area (TPSA) is 22.0 Å². The summed E-state index contributed by atoms with van der Waals surface area (Å²) < 4.78 is 1.62. The Hall–Kier alpha value is -1.83. The number of hydrogen-bond donors (Lipinski definition) is 0. The fourth-order valence-corrected chi connectivity index (χ4v) is 1.71. The Morgan fingerprint density at radius 1 is 1.13 bits per heavy atom. The van der Waals surface area contributed by atoms with Crippen molar-refractivity contribution in [2.75, 3.05) is 0 Å². The smallest absolute Gasteiger partial charge is 0.258 e. The minimum atomic E-state index is 0.0480. The second kappa shape index (κ2) is 3.73. The lowest BCUT2D eigenvalue weighted by Gasteiger charge is -2.05. The number of pyridine rings is 1. The van der Waals surface area contributed by atoms with Crippen molar-refractivity contribution in [2.24, 2.45) is 7.05 Å². The fraction of sp³-hybridized carbons (Fsp3) is 0.154. The highest BCUT2D eigenvalue weighted by Gasteiger charge is 2.04. The summed E-state index contributed by atoms with van der Waals surface area (Å²) in [4.78, 5) is 11.9. The molecular weight excluding hydrogens is 186 g/mol. The van der Waals surface area contributed by atoms with Crippen LogP contribution in [0.3, 0.4) is 0 Å². The number of aromatic nitrogens is 1. The largest absolute Gasteiger partial charge is 0.318 e. The number of hydrogen-bond acceptors (Lipinski definition) is 1. The van der Waals surface area contributed by atoms with Gasteiger partial charge in [-0.25, -0.2) is 0 Å². The van der Waals surface area contributed by atoms with Crippen molar-refractivity contribution < 1.29 is 0 Å². The molecule has 0 unspecified atom stereocenters. The molecule has 0 saturated heterocycles. The molecule has 0 aliphatic carbocycles. The molecule has 15 heavy (non-hydrogen) atoms. The van der Waals surface area contributed by atoms with Crippen LogP contribution in [-0.4, -0.2) is 4.57 Å². The van der Waals surface area contributed by atoms with E-state index in [9.17, 15) is 4.79 Å². The van der Waals surface area contributed by atoms with Gasteiger partial charge in [0.1, 0.15) is 0 Å². The molecule has 2 heteroatoms. The highest BCUT2D eigenvalue weighted by molar-refractivity contribution is 5.62. The van der Waals surface area contributed by atoms with E-state index in [0.717, 1.165) is 16.7 Å². The van der Waals surface area contributed by atoms with Crippen LogP contribution >= 0.6 is 0 Å². The van der Waals surface area contributed by atoms with Gasteiger partial charge in [-0.2, -0.15) is 0 Å². The van der Waals surface area contributed by atoms with E-state index < -0.39 is 0 Å². The zero-order valence-electron chi connectivity index (χ0n) is 8.90. The Morgan fingerprint density at radius 2 is 1.80 bits per heavy atom. The molecule has 0 bridgehead atoms.